The van der Waals surface area contributed by atoms with Gasteiger partial charge in [-0.1, -0.05) is 18.2 Å². The minimum Gasteiger partial charge on any atom is -0.493 e. The largest absolute Gasteiger partial charge is 0.493 e. The molecule has 1 heterocycles. The first-order chi connectivity index (χ1) is 12.6. The standard InChI is InChI=1S/C19H20N4O3/c1-23(11-13-4-9-16(25-2)17(10-13)26-3)19(24)15-7-5-14(6-8-15)18-20-12-21-22-18/h4-10,12H,11H2,1-3H3,(H,20,21,22). The van der Waals surface area contributed by atoms with Gasteiger partial charge in [0.25, 0.3) is 5.91 Å². The molecule has 0 aliphatic rings. The summed E-state index contributed by atoms with van der Waals surface area (Å²) >= 11 is 0. The summed E-state index contributed by atoms with van der Waals surface area (Å²) in [6, 6.07) is 12.9. The molecule has 3 rings (SSSR count). The molecule has 0 radical (unpaired) electrons. The predicted molar refractivity (Wildman–Crippen MR) is 97.2 cm³/mol. The van der Waals surface area contributed by atoms with Crippen LogP contribution in [0, 0.1) is 0 Å². The van der Waals surface area contributed by atoms with Gasteiger partial charge in [-0.15, -0.1) is 0 Å². The Hall–Kier alpha value is -3.35. The normalized spacial score (nSPS) is 10.4. The van der Waals surface area contributed by atoms with Crippen molar-refractivity contribution in [3.05, 3.63) is 59.9 Å². The summed E-state index contributed by atoms with van der Waals surface area (Å²) < 4.78 is 10.5. The van der Waals surface area contributed by atoms with E-state index in [1.54, 1.807) is 38.3 Å². The molecule has 0 saturated heterocycles. The van der Waals surface area contributed by atoms with Crippen molar-refractivity contribution in [2.24, 2.45) is 0 Å². The Morgan fingerprint density at radius 2 is 1.81 bits per heavy atom. The molecule has 0 aliphatic heterocycles. The van der Waals surface area contributed by atoms with E-state index in [0.29, 0.717) is 29.4 Å². The number of H-pyrrole nitrogens is 1. The van der Waals surface area contributed by atoms with Gasteiger partial charge in [0.05, 0.1) is 14.2 Å². The van der Waals surface area contributed by atoms with E-state index in [1.165, 1.54) is 6.33 Å². The summed E-state index contributed by atoms with van der Waals surface area (Å²) in [7, 11) is 4.95. The number of benzene rings is 2. The van der Waals surface area contributed by atoms with Crippen molar-refractivity contribution in [2.45, 2.75) is 6.54 Å². The van der Waals surface area contributed by atoms with Crippen LogP contribution in [0.15, 0.2) is 48.8 Å². The fourth-order valence-electron chi connectivity index (χ4n) is 2.66. The first-order valence-electron chi connectivity index (χ1n) is 8.04. The van der Waals surface area contributed by atoms with E-state index in [-0.39, 0.29) is 5.91 Å². The summed E-state index contributed by atoms with van der Waals surface area (Å²) in [5, 5.41) is 6.63. The highest BCUT2D eigenvalue weighted by molar-refractivity contribution is 5.94. The van der Waals surface area contributed by atoms with E-state index in [2.05, 4.69) is 15.2 Å². The van der Waals surface area contributed by atoms with E-state index < -0.39 is 0 Å². The van der Waals surface area contributed by atoms with E-state index in [1.807, 2.05) is 30.3 Å². The van der Waals surface area contributed by atoms with Crippen molar-refractivity contribution in [1.29, 1.82) is 0 Å². The number of nitrogens with zero attached hydrogens (tertiary/aromatic N) is 3. The Bertz CT molecular complexity index is 876. The fourth-order valence-corrected chi connectivity index (χ4v) is 2.66. The topological polar surface area (TPSA) is 80.3 Å². The maximum absolute atomic E-state index is 12.7. The van der Waals surface area contributed by atoms with Crippen LogP contribution in [0.25, 0.3) is 11.4 Å². The lowest BCUT2D eigenvalue weighted by Crippen LogP contribution is -2.26. The molecule has 0 aliphatic carbocycles. The third-order valence-corrected chi connectivity index (χ3v) is 4.03. The summed E-state index contributed by atoms with van der Waals surface area (Å²) in [6.07, 6.45) is 1.45. The first kappa shape index (κ1) is 17.5. The maximum Gasteiger partial charge on any atom is 0.253 e. The van der Waals surface area contributed by atoms with Crippen molar-refractivity contribution in [3.63, 3.8) is 0 Å². The number of amides is 1. The number of hydrogen-bond acceptors (Lipinski definition) is 5. The van der Waals surface area contributed by atoms with Crippen molar-refractivity contribution in [1.82, 2.24) is 20.1 Å². The number of aromatic amines is 1. The van der Waals surface area contributed by atoms with Gasteiger partial charge in [-0.3, -0.25) is 9.89 Å². The van der Waals surface area contributed by atoms with Crippen LogP contribution in [-0.2, 0) is 6.54 Å². The number of carbonyl (C=O) groups is 1. The second-order valence-corrected chi connectivity index (χ2v) is 5.76. The van der Waals surface area contributed by atoms with Crippen LogP contribution in [0.2, 0.25) is 0 Å². The summed E-state index contributed by atoms with van der Waals surface area (Å²) in [4.78, 5) is 18.4. The monoisotopic (exact) mass is 352 g/mol. The molecule has 0 atom stereocenters. The Morgan fingerprint density at radius 3 is 2.42 bits per heavy atom. The van der Waals surface area contributed by atoms with E-state index in [9.17, 15) is 4.79 Å². The average Bonchev–Trinajstić information content (AvgIpc) is 3.22. The van der Waals surface area contributed by atoms with Crippen LogP contribution in [0.4, 0.5) is 0 Å². The van der Waals surface area contributed by atoms with Crippen LogP contribution in [0.3, 0.4) is 0 Å². The number of nitrogens with one attached hydrogen (secondary N) is 1. The zero-order valence-electron chi connectivity index (χ0n) is 14.9. The van der Waals surface area contributed by atoms with Gasteiger partial charge in [0, 0.05) is 24.7 Å². The lowest BCUT2D eigenvalue weighted by molar-refractivity contribution is 0.0785. The van der Waals surface area contributed by atoms with Gasteiger partial charge in [0.1, 0.15) is 6.33 Å². The third-order valence-electron chi connectivity index (χ3n) is 4.03. The molecule has 2 aromatic carbocycles. The van der Waals surface area contributed by atoms with Crippen molar-refractivity contribution in [3.8, 4) is 22.9 Å². The molecule has 7 heteroatoms. The number of aromatic nitrogens is 3. The Labute approximate surface area is 151 Å². The molecule has 134 valence electrons. The number of rotatable bonds is 6. The predicted octanol–water partition coefficient (Wildman–Crippen LogP) is 2.76. The third kappa shape index (κ3) is 3.66. The van der Waals surface area contributed by atoms with Crippen molar-refractivity contribution in [2.75, 3.05) is 21.3 Å². The molecule has 1 N–H and O–H groups in total. The second-order valence-electron chi connectivity index (χ2n) is 5.76. The fraction of sp³-hybridized carbons (Fsp3) is 0.211. The smallest absolute Gasteiger partial charge is 0.253 e. The highest BCUT2D eigenvalue weighted by atomic mass is 16.5. The Kier molecular flexibility index (Phi) is 5.17. The van der Waals surface area contributed by atoms with Gasteiger partial charge in [0.15, 0.2) is 17.3 Å². The maximum atomic E-state index is 12.7. The zero-order chi connectivity index (χ0) is 18.5. The second kappa shape index (κ2) is 7.69. The lowest BCUT2D eigenvalue weighted by atomic mass is 10.1. The molecule has 1 amide bonds. The highest BCUT2D eigenvalue weighted by Gasteiger charge is 2.14. The van der Waals surface area contributed by atoms with Crippen LogP contribution in [-0.4, -0.2) is 47.3 Å². The first-order valence-corrected chi connectivity index (χ1v) is 8.04. The molecular weight excluding hydrogens is 332 g/mol. The average molecular weight is 352 g/mol. The van der Waals surface area contributed by atoms with E-state index >= 15 is 0 Å². The molecule has 0 spiro atoms. The van der Waals surface area contributed by atoms with Crippen LogP contribution >= 0.6 is 0 Å². The number of hydrogen-bond donors (Lipinski definition) is 1. The van der Waals surface area contributed by atoms with Gasteiger partial charge in [-0.05, 0) is 29.8 Å². The van der Waals surface area contributed by atoms with Gasteiger partial charge < -0.3 is 14.4 Å². The van der Waals surface area contributed by atoms with Gasteiger partial charge in [0.2, 0.25) is 0 Å². The van der Waals surface area contributed by atoms with Gasteiger partial charge in [-0.25, -0.2) is 4.98 Å². The number of ether oxygens (including phenoxy) is 2. The van der Waals surface area contributed by atoms with Crippen molar-refractivity contribution < 1.29 is 14.3 Å². The zero-order valence-corrected chi connectivity index (χ0v) is 14.9. The summed E-state index contributed by atoms with van der Waals surface area (Å²) in [5.41, 5.74) is 2.44. The number of carbonyl (C=O) groups excluding carboxylic acids is 1. The molecular formula is C19H20N4O3. The Balaban J connectivity index is 1.71. The number of methoxy groups -OCH3 is 2. The molecule has 0 bridgehead atoms. The van der Waals surface area contributed by atoms with E-state index in [0.717, 1.165) is 11.1 Å². The SMILES string of the molecule is COc1ccc(CN(C)C(=O)c2ccc(-c3ncn[nH]3)cc2)cc1OC. The molecule has 3 aromatic rings. The Morgan fingerprint density at radius 1 is 1.08 bits per heavy atom. The van der Waals surface area contributed by atoms with Crippen LogP contribution in [0.1, 0.15) is 15.9 Å². The quantitative estimate of drug-likeness (QED) is 0.738. The van der Waals surface area contributed by atoms with Gasteiger partial charge >= 0.3 is 0 Å². The molecule has 7 nitrogen and oxygen atoms in total. The molecule has 0 saturated carbocycles. The lowest BCUT2D eigenvalue weighted by Gasteiger charge is -2.18. The molecule has 1 aromatic heterocycles. The molecule has 0 unspecified atom stereocenters. The minimum absolute atomic E-state index is 0.0658. The van der Waals surface area contributed by atoms with E-state index in [4.69, 9.17) is 9.47 Å². The van der Waals surface area contributed by atoms with Gasteiger partial charge in [-0.2, -0.15) is 5.10 Å². The van der Waals surface area contributed by atoms with Crippen molar-refractivity contribution >= 4 is 5.91 Å². The van der Waals surface area contributed by atoms with Crippen LogP contribution < -0.4 is 9.47 Å². The summed E-state index contributed by atoms with van der Waals surface area (Å²) in [5.74, 6) is 1.90. The highest BCUT2D eigenvalue weighted by Crippen LogP contribution is 2.28. The molecule has 0 fully saturated rings. The summed E-state index contributed by atoms with van der Waals surface area (Å²) in [6.45, 7) is 0.461. The minimum atomic E-state index is -0.0658. The van der Waals surface area contributed by atoms with Crippen LogP contribution in [0.5, 0.6) is 11.5 Å². The molecule has 26 heavy (non-hydrogen) atoms.